The normalized spacial score (nSPS) is 14.5. The second-order valence-electron chi connectivity index (χ2n) is 7.59. The van der Waals surface area contributed by atoms with Gasteiger partial charge in [0.25, 0.3) is 0 Å². The highest BCUT2D eigenvalue weighted by Crippen LogP contribution is 2.40. The fourth-order valence-corrected chi connectivity index (χ4v) is 4.71. The van der Waals surface area contributed by atoms with Crippen LogP contribution in [0.3, 0.4) is 0 Å². The summed E-state index contributed by atoms with van der Waals surface area (Å²) in [6.07, 6.45) is 1.80. The van der Waals surface area contributed by atoms with Gasteiger partial charge in [-0.05, 0) is 25.2 Å². The van der Waals surface area contributed by atoms with Gasteiger partial charge in [-0.2, -0.15) is 0 Å². The molecule has 156 valence electrons. The molecule has 1 saturated heterocycles. The summed E-state index contributed by atoms with van der Waals surface area (Å²) in [7, 11) is 2.17. The van der Waals surface area contributed by atoms with Gasteiger partial charge < -0.3 is 15.1 Å². The van der Waals surface area contributed by atoms with E-state index in [0.29, 0.717) is 5.95 Å². The van der Waals surface area contributed by atoms with Gasteiger partial charge in [-0.25, -0.2) is 15.0 Å². The average molecular weight is 429 g/mol. The number of para-hydroxylation sites is 1. The lowest BCUT2D eigenvalue weighted by Crippen LogP contribution is -2.44. The van der Waals surface area contributed by atoms with Gasteiger partial charge in [0.1, 0.15) is 0 Å². The monoisotopic (exact) mass is 428 g/mol. The SMILES string of the molecule is CN1CCN(c2nc(-c3ccccc3)c(-c3ccnc(Nc4ccccc4)n3)s2)CC1. The van der Waals surface area contributed by atoms with E-state index >= 15 is 0 Å². The molecule has 3 heterocycles. The number of benzene rings is 2. The first-order valence-corrected chi connectivity index (χ1v) is 11.2. The van der Waals surface area contributed by atoms with Crippen molar-refractivity contribution in [3.05, 3.63) is 72.9 Å². The summed E-state index contributed by atoms with van der Waals surface area (Å²) in [5, 5.41) is 4.35. The molecule has 31 heavy (non-hydrogen) atoms. The minimum Gasteiger partial charge on any atom is -0.345 e. The molecule has 0 atom stereocenters. The first-order valence-electron chi connectivity index (χ1n) is 10.4. The Morgan fingerprint density at radius 2 is 1.55 bits per heavy atom. The summed E-state index contributed by atoms with van der Waals surface area (Å²) in [5.74, 6) is 0.581. The van der Waals surface area contributed by atoms with Gasteiger partial charge in [-0.1, -0.05) is 59.9 Å². The average Bonchev–Trinajstić information content (AvgIpc) is 3.27. The van der Waals surface area contributed by atoms with Crippen LogP contribution < -0.4 is 10.2 Å². The molecule has 0 unspecified atom stereocenters. The van der Waals surface area contributed by atoms with Crippen molar-refractivity contribution in [1.29, 1.82) is 0 Å². The van der Waals surface area contributed by atoms with E-state index in [1.165, 1.54) is 0 Å². The number of aromatic nitrogens is 3. The molecule has 0 amide bonds. The number of nitrogens with one attached hydrogen (secondary N) is 1. The van der Waals surface area contributed by atoms with Crippen LogP contribution in [0, 0.1) is 0 Å². The number of hydrogen-bond acceptors (Lipinski definition) is 7. The summed E-state index contributed by atoms with van der Waals surface area (Å²) in [6.45, 7) is 4.08. The maximum Gasteiger partial charge on any atom is 0.227 e. The number of nitrogens with zero attached hydrogens (tertiary/aromatic N) is 5. The number of anilines is 3. The molecule has 2 aromatic carbocycles. The molecule has 1 aliphatic rings. The summed E-state index contributed by atoms with van der Waals surface area (Å²) >= 11 is 1.71. The Labute approximate surface area is 186 Å². The molecule has 4 aromatic rings. The molecule has 1 aliphatic heterocycles. The van der Waals surface area contributed by atoms with Gasteiger partial charge in [-0.15, -0.1) is 0 Å². The van der Waals surface area contributed by atoms with E-state index in [1.54, 1.807) is 17.5 Å². The van der Waals surface area contributed by atoms with Crippen molar-refractivity contribution in [2.75, 3.05) is 43.4 Å². The first-order chi connectivity index (χ1) is 15.3. The Morgan fingerprint density at radius 3 is 2.29 bits per heavy atom. The van der Waals surface area contributed by atoms with E-state index in [1.807, 2.05) is 42.5 Å². The van der Waals surface area contributed by atoms with Crippen LogP contribution in [0.4, 0.5) is 16.8 Å². The van der Waals surface area contributed by atoms with E-state index in [0.717, 1.165) is 58.8 Å². The summed E-state index contributed by atoms with van der Waals surface area (Å²) in [5.41, 5.74) is 3.92. The maximum atomic E-state index is 5.06. The van der Waals surface area contributed by atoms with Crippen LogP contribution in [0.15, 0.2) is 72.9 Å². The van der Waals surface area contributed by atoms with Crippen molar-refractivity contribution >= 4 is 28.1 Å². The van der Waals surface area contributed by atoms with Gasteiger partial charge in [0.05, 0.1) is 16.3 Å². The van der Waals surface area contributed by atoms with Crippen LogP contribution in [0.25, 0.3) is 21.8 Å². The first kappa shape index (κ1) is 19.7. The van der Waals surface area contributed by atoms with Crippen molar-refractivity contribution in [3.63, 3.8) is 0 Å². The zero-order valence-electron chi connectivity index (χ0n) is 17.4. The van der Waals surface area contributed by atoms with Gasteiger partial charge in [0, 0.05) is 43.6 Å². The zero-order valence-corrected chi connectivity index (χ0v) is 18.2. The minimum atomic E-state index is 0.581. The predicted molar refractivity (Wildman–Crippen MR) is 128 cm³/mol. The van der Waals surface area contributed by atoms with Crippen molar-refractivity contribution in [3.8, 4) is 21.8 Å². The molecule has 5 rings (SSSR count). The Kier molecular flexibility index (Phi) is 5.60. The number of rotatable bonds is 5. The largest absolute Gasteiger partial charge is 0.345 e. The Balaban J connectivity index is 1.52. The fraction of sp³-hybridized carbons (Fsp3) is 0.208. The number of thiazole rings is 1. The van der Waals surface area contributed by atoms with E-state index < -0.39 is 0 Å². The summed E-state index contributed by atoms with van der Waals surface area (Å²) in [6, 6.07) is 22.3. The second kappa shape index (κ2) is 8.83. The van der Waals surface area contributed by atoms with Crippen molar-refractivity contribution in [1.82, 2.24) is 19.9 Å². The predicted octanol–water partition coefficient (Wildman–Crippen LogP) is 4.76. The smallest absolute Gasteiger partial charge is 0.227 e. The molecule has 1 fully saturated rings. The molecular weight excluding hydrogens is 404 g/mol. The van der Waals surface area contributed by atoms with Crippen molar-refractivity contribution in [2.45, 2.75) is 0 Å². The molecule has 0 radical (unpaired) electrons. The van der Waals surface area contributed by atoms with Gasteiger partial charge in [0.15, 0.2) is 5.13 Å². The molecule has 0 bridgehead atoms. The lowest BCUT2D eigenvalue weighted by molar-refractivity contribution is 0.313. The molecule has 2 aromatic heterocycles. The molecule has 1 N–H and O–H groups in total. The van der Waals surface area contributed by atoms with Crippen LogP contribution >= 0.6 is 11.3 Å². The Bertz CT molecular complexity index is 1140. The van der Waals surface area contributed by atoms with E-state index in [4.69, 9.17) is 9.97 Å². The highest BCUT2D eigenvalue weighted by Gasteiger charge is 2.22. The molecule has 0 spiro atoms. The molecule has 0 aliphatic carbocycles. The fourth-order valence-electron chi connectivity index (χ4n) is 3.60. The van der Waals surface area contributed by atoms with Gasteiger partial charge in [0.2, 0.25) is 5.95 Å². The Hall–Kier alpha value is -3.29. The van der Waals surface area contributed by atoms with E-state index in [2.05, 4.69) is 51.4 Å². The number of likely N-dealkylation sites (N-methyl/N-ethyl adjacent to an activating group) is 1. The Morgan fingerprint density at radius 1 is 0.839 bits per heavy atom. The van der Waals surface area contributed by atoms with E-state index in [-0.39, 0.29) is 0 Å². The van der Waals surface area contributed by atoms with Crippen molar-refractivity contribution < 1.29 is 0 Å². The highest BCUT2D eigenvalue weighted by atomic mass is 32.1. The maximum absolute atomic E-state index is 5.06. The molecule has 0 saturated carbocycles. The van der Waals surface area contributed by atoms with Gasteiger partial charge in [-0.3, -0.25) is 0 Å². The molecular formula is C24H24N6S. The van der Waals surface area contributed by atoms with Gasteiger partial charge >= 0.3 is 0 Å². The van der Waals surface area contributed by atoms with Crippen LogP contribution in [-0.2, 0) is 0 Å². The zero-order chi connectivity index (χ0) is 21.0. The highest BCUT2D eigenvalue weighted by molar-refractivity contribution is 7.19. The summed E-state index contributed by atoms with van der Waals surface area (Å²) < 4.78 is 0. The minimum absolute atomic E-state index is 0.581. The van der Waals surface area contributed by atoms with Crippen LogP contribution in [-0.4, -0.2) is 53.1 Å². The third kappa shape index (κ3) is 4.42. The second-order valence-corrected chi connectivity index (χ2v) is 8.56. The molecule has 6 nitrogen and oxygen atoms in total. The third-order valence-corrected chi connectivity index (χ3v) is 6.49. The molecule has 7 heteroatoms. The lowest BCUT2D eigenvalue weighted by Gasteiger charge is -2.32. The summed E-state index contributed by atoms with van der Waals surface area (Å²) in [4.78, 5) is 20.1. The number of piperazine rings is 1. The topological polar surface area (TPSA) is 57.2 Å². The van der Waals surface area contributed by atoms with E-state index in [9.17, 15) is 0 Å². The lowest BCUT2D eigenvalue weighted by atomic mass is 10.1. The standard InChI is InChI=1S/C24H24N6S/c1-29-14-16-30(17-15-29)24-28-21(18-8-4-2-5-9-18)22(31-24)20-12-13-25-23(27-20)26-19-10-6-3-7-11-19/h2-13H,14-17H2,1H3,(H,25,26,27). The van der Waals surface area contributed by atoms with Crippen molar-refractivity contribution in [2.24, 2.45) is 0 Å². The third-order valence-electron chi connectivity index (χ3n) is 5.36. The quantitative estimate of drug-likeness (QED) is 0.494. The van der Waals surface area contributed by atoms with Crippen LogP contribution in [0.1, 0.15) is 0 Å². The van der Waals surface area contributed by atoms with Crippen LogP contribution in [0.2, 0.25) is 0 Å². The number of hydrogen-bond donors (Lipinski definition) is 1. The van der Waals surface area contributed by atoms with Crippen LogP contribution in [0.5, 0.6) is 0 Å².